The second-order valence-electron chi connectivity index (χ2n) is 7.22. The van der Waals surface area contributed by atoms with Gasteiger partial charge in [0.15, 0.2) is 0 Å². The highest BCUT2D eigenvalue weighted by Gasteiger charge is 2.33. The molecule has 1 aliphatic heterocycles. The summed E-state index contributed by atoms with van der Waals surface area (Å²) in [6.45, 7) is 0.463. The number of aliphatic hydroxyl groups is 1. The van der Waals surface area contributed by atoms with E-state index in [1.54, 1.807) is 6.07 Å². The van der Waals surface area contributed by atoms with Crippen molar-refractivity contribution in [2.45, 2.75) is 50.4 Å². The van der Waals surface area contributed by atoms with Crippen LogP contribution in [-0.2, 0) is 9.53 Å². The average molecular weight is 379 g/mol. The van der Waals surface area contributed by atoms with Crippen LogP contribution < -0.4 is 16.0 Å². The Hall–Kier alpha value is -2.19. The lowest BCUT2D eigenvalue weighted by molar-refractivity contribution is -0.130. The van der Waals surface area contributed by atoms with E-state index in [4.69, 9.17) is 4.74 Å². The van der Waals surface area contributed by atoms with Gasteiger partial charge < -0.3 is 25.8 Å². The number of hydrogen-bond donors (Lipinski definition) is 4. The van der Waals surface area contributed by atoms with Crippen molar-refractivity contribution in [3.8, 4) is 0 Å². The maximum Gasteiger partial charge on any atom is 0.319 e. The number of aliphatic hydroxyl groups excluding tert-OH is 1. The van der Waals surface area contributed by atoms with Gasteiger partial charge in [-0.3, -0.25) is 4.79 Å². The third-order valence-corrected chi connectivity index (χ3v) is 4.89. The van der Waals surface area contributed by atoms with Crippen LogP contribution in [0.1, 0.15) is 32.1 Å². The van der Waals surface area contributed by atoms with Crippen molar-refractivity contribution in [1.82, 2.24) is 10.6 Å². The van der Waals surface area contributed by atoms with Crippen LogP contribution in [-0.4, -0.2) is 48.4 Å². The van der Waals surface area contributed by atoms with Crippen molar-refractivity contribution in [2.75, 3.05) is 18.5 Å². The third-order valence-electron chi connectivity index (χ3n) is 4.89. The minimum atomic E-state index is -0.585. The van der Waals surface area contributed by atoms with E-state index in [0.717, 1.165) is 6.54 Å². The molecule has 3 rings (SSSR count). The molecule has 0 bridgehead atoms. The van der Waals surface area contributed by atoms with E-state index in [1.165, 1.54) is 31.0 Å². The molecule has 3 amide bonds. The molecule has 148 valence electrons. The smallest absolute Gasteiger partial charge is 0.319 e. The molecule has 0 aromatic heterocycles. The molecule has 27 heavy (non-hydrogen) atoms. The zero-order valence-electron chi connectivity index (χ0n) is 15.1. The first-order valence-electron chi connectivity index (χ1n) is 9.39. The minimum absolute atomic E-state index is 0.0427. The third kappa shape index (κ3) is 6.18. The van der Waals surface area contributed by atoms with Crippen LogP contribution in [0.3, 0.4) is 0 Å². The monoisotopic (exact) mass is 379 g/mol. The standard InChI is InChI=1S/C19H26FN3O4/c20-13-2-1-3-14(8-13)22-19(26)23-16-7-6-15(27-17(16)11-24)9-18(25)21-10-12-4-5-12/h1-3,8,12,15-17,24H,4-7,9-11H2,(H,21,25)(H2,22,23,26)/t15-,16-,17+/m1/s1. The molecule has 0 unspecified atom stereocenters. The lowest BCUT2D eigenvalue weighted by Gasteiger charge is -2.35. The SMILES string of the molecule is O=C(C[C@H]1CC[C@@H](NC(=O)Nc2cccc(F)c2)[C@H](CO)O1)NCC1CC1. The molecule has 3 atom stereocenters. The first-order chi connectivity index (χ1) is 13.0. The maximum absolute atomic E-state index is 13.2. The topological polar surface area (TPSA) is 99.7 Å². The summed E-state index contributed by atoms with van der Waals surface area (Å²) < 4.78 is 19.0. The van der Waals surface area contributed by atoms with E-state index in [1.807, 2.05) is 0 Å². The Bertz CT molecular complexity index is 668. The number of urea groups is 1. The predicted molar refractivity (Wildman–Crippen MR) is 97.7 cm³/mol. The van der Waals surface area contributed by atoms with Gasteiger partial charge >= 0.3 is 6.03 Å². The predicted octanol–water partition coefficient (Wildman–Crippen LogP) is 1.77. The van der Waals surface area contributed by atoms with Gasteiger partial charge in [0.05, 0.1) is 25.2 Å². The van der Waals surface area contributed by atoms with Gasteiger partial charge in [-0.1, -0.05) is 6.07 Å². The van der Waals surface area contributed by atoms with E-state index < -0.39 is 18.0 Å². The molecule has 1 aliphatic carbocycles. The van der Waals surface area contributed by atoms with Crippen LogP contribution in [0.5, 0.6) is 0 Å². The quantitative estimate of drug-likeness (QED) is 0.580. The molecular formula is C19H26FN3O4. The highest BCUT2D eigenvalue weighted by atomic mass is 19.1. The number of carbonyl (C=O) groups is 2. The number of benzene rings is 1. The Kier molecular flexibility index (Phi) is 6.63. The van der Waals surface area contributed by atoms with Crippen LogP contribution in [0, 0.1) is 11.7 Å². The molecule has 1 saturated carbocycles. The van der Waals surface area contributed by atoms with Crippen LogP contribution >= 0.6 is 0 Å². The Morgan fingerprint density at radius 2 is 2.04 bits per heavy atom. The number of hydrogen-bond acceptors (Lipinski definition) is 4. The van der Waals surface area contributed by atoms with E-state index in [2.05, 4.69) is 16.0 Å². The minimum Gasteiger partial charge on any atom is -0.394 e. The van der Waals surface area contributed by atoms with Crippen molar-refractivity contribution >= 4 is 17.6 Å². The Balaban J connectivity index is 1.44. The first-order valence-corrected chi connectivity index (χ1v) is 9.39. The Morgan fingerprint density at radius 1 is 1.22 bits per heavy atom. The molecule has 1 saturated heterocycles. The number of halogens is 1. The fraction of sp³-hybridized carbons (Fsp3) is 0.579. The molecule has 2 fully saturated rings. The molecular weight excluding hydrogens is 353 g/mol. The van der Waals surface area contributed by atoms with Gasteiger partial charge in [-0.05, 0) is 49.8 Å². The summed E-state index contributed by atoms with van der Waals surface area (Å²) in [5.74, 6) is 0.139. The van der Waals surface area contributed by atoms with E-state index >= 15 is 0 Å². The van der Waals surface area contributed by atoms with Gasteiger partial charge in [-0.2, -0.15) is 0 Å². The summed E-state index contributed by atoms with van der Waals surface area (Å²) in [5.41, 5.74) is 0.343. The first kappa shape index (κ1) is 19.6. The molecule has 0 radical (unpaired) electrons. The molecule has 1 heterocycles. The van der Waals surface area contributed by atoms with Crippen molar-refractivity contribution in [3.05, 3.63) is 30.1 Å². The number of nitrogens with one attached hydrogen (secondary N) is 3. The van der Waals surface area contributed by atoms with Gasteiger partial charge in [0, 0.05) is 12.2 Å². The maximum atomic E-state index is 13.2. The number of anilines is 1. The van der Waals surface area contributed by atoms with Gasteiger partial charge in [0.25, 0.3) is 0 Å². The van der Waals surface area contributed by atoms with Crippen LogP contribution in [0.2, 0.25) is 0 Å². The van der Waals surface area contributed by atoms with Crippen LogP contribution in [0.15, 0.2) is 24.3 Å². The lowest BCUT2D eigenvalue weighted by atomic mass is 9.97. The average Bonchev–Trinajstić information content (AvgIpc) is 3.45. The summed E-state index contributed by atoms with van der Waals surface area (Å²) >= 11 is 0. The highest BCUT2D eigenvalue weighted by molar-refractivity contribution is 5.89. The Labute approximate surface area is 157 Å². The van der Waals surface area contributed by atoms with Crippen molar-refractivity contribution in [3.63, 3.8) is 0 Å². The zero-order chi connectivity index (χ0) is 19.2. The van der Waals surface area contributed by atoms with E-state index in [9.17, 15) is 19.1 Å². The summed E-state index contributed by atoms with van der Waals surface area (Å²) in [6, 6.07) is 4.73. The summed E-state index contributed by atoms with van der Waals surface area (Å²) in [7, 11) is 0. The molecule has 7 nitrogen and oxygen atoms in total. The number of ether oxygens (including phenoxy) is 1. The van der Waals surface area contributed by atoms with Crippen molar-refractivity contribution < 1.29 is 23.8 Å². The largest absolute Gasteiger partial charge is 0.394 e. The zero-order valence-corrected chi connectivity index (χ0v) is 15.1. The van der Waals surface area contributed by atoms with E-state index in [0.29, 0.717) is 24.4 Å². The molecule has 0 spiro atoms. The highest BCUT2D eigenvalue weighted by Crippen LogP contribution is 2.28. The lowest BCUT2D eigenvalue weighted by Crippen LogP contribution is -2.52. The second-order valence-corrected chi connectivity index (χ2v) is 7.22. The van der Waals surface area contributed by atoms with Gasteiger partial charge in [-0.15, -0.1) is 0 Å². The van der Waals surface area contributed by atoms with Gasteiger partial charge in [0.1, 0.15) is 11.9 Å². The molecule has 1 aromatic rings. The van der Waals surface area contributed by atoms with Crippen LogP contribution in [0.4, 0.5) is 14.9 Å². The Morgan fingerprint density at radius 3 is 2.74 bits per heavy atom. The molecule has 1 aromatic carbocycles. The molecule has 2 aliphatic rings. The van der Waals surface area contributed by atoms with Crippen LogP contribution in [0.25, 0.3) is 0 Å². The fourth-order valence-electron chi connectivity index (χ4n) is 3.21. The van der Waals surface area contributed by atoms with Gasteiger partial charge in [-0.25, -0.2) is 9.18 Å². The summed E-state index contributed by atoms with van der Waals surface area (Å²) in [5, 5.41) is 17.8. The number of rotatable bonds is 7. The summed E-state index contributed by atoms with van der Waals surface area (Å²) in [6.07, 6.45) is 2.95. The molecule has 4 N–H and O–H groups in total. The number of carbonyl (C=O) groups excluding carboxylic acids is 2. The number of amides is 3. The summed E-state index contributed by atoms with van der Waals surface area (Å²) in [4.78, 5) is 24.1. The second kappa shape index (κ2) is 9.14. The van der Waals surface area contributed by atoms with Crippen molar-refractivity contribution in [2.24, 2.45) is 5.92 Å². The van der Waals surface area contributed by atoms with Gasteiger partial charge in [0.2, 0.25) is 5.91 Å². The fourth-order valence-corrected chi connectivity index (χ4v) is 3.21. The molecule has 8 heteroatoms. The van der Waals surface area contributed by atoms with Crippen molar-refractivity contribution in [1.29, 1.82) is 0 Å². The normalized spacial score (nSPS) is 24.9. The van der Waals surface area contributed by atoms with E-state index in [-0.39, 0.29) is 31.1 Å².